The molecule has 0 bridgehead atoms. The quantitative estimate of drug-likeness (QED) is 0.789. The van der Waals surface area contributed by atoms with Crippen molar-refractivity contribution < 1.29 is 9.26 Å². The molecule has 0 aliphatic rings. The van der Waals surface area contributed by atoms with E-state index in [0.717, 1.165) is 0 Å². The van der Waals surface area contributed by atoms with Crippen molar-refractivity contribution in [1.29, 1.82) is 0 Å². The van der Waals surface area contributed by atoms with Crippen LogP contribution in [0, 0.1) is 5.41 Å². The number of rotatable bonds is 6. The van der Waals surface area contributed by atoms with Crippen LogP contribution in [0.4, 0.5) is 0 Å². The van der Waals surface area contributed by atoms with Crippen molar-refractivity contribution >= 4 is 0 Å². The van der Waals surface area contributed by atoms with Crippen LogP contribution in [-0.2, 0) is 4.74 Å². The first-order valence-corrected chi connectivity index (χ1v) is 6.21. The second-order valence-corrected chi connectivity index (χ2v) is 5.32. The molecule has 0 spiro atoms. The summed E-state index contributed by atoms with van der Waals surface area (Å²) < 4.78 is 10.9. The second kappa shape index (κ2) is 6.11. The molecule has 0 amide bonds. The van der Waals surface area contributed by atoms with Gasteiger partial charge in [0.2, 0.25) is 11.7 Å². The summed E-state index contributed by atoms with van der Waals surface area (Å²) >= 11 is 0. The summed E-state index contributed by atoms with van der Waals surface area (Å²) in [5.74, 6) is 0.984. The van der Waals surface area contributed by atoms with Crippen LogP contribution in [0.2, 0.25) is 0 Å². The van der Waals surface area contributed by atoms with Gasteiger partial charge in [-0.15, -0.1) is 6.58 Å². The van der Waals surface area contributed by atoms with Crippen LogP contribution in [0.15, 0.2) is 17.2 Å². The number of nitrogens with zero attached hydrogens (tertiary/aromatic N) is 2. The van der Waals surface area contributed by atoms with E-state index in [-0.39, 0.29) is 17.6 Å². The number of nitrogens with two attached hydrogens (primary N) is 1. The lowest BCUT2D eigenvalue weighted by Crippen LogP contribution is -2.22. The fourth-order valence-electron chi connectivity index (χ4n) is 1.66. The molecule has 18 heavy (non-hydrogen) atoms. The maximum absolute atomic E-state index is 5.89. The van der Waals surface area contributed by atoms with Gasteiger partial charge in [-0.25, -0.2) is 0 Å². The molecule has 1 aromatic rings. The molecular formula is C13H23N3O2. The van der Waals surface area contributed by atoms with Gasteiger partial charge < -0.3 is 15.0 Å². The van der Waals surface area contributed by atoms with Crippen molar-refractivity contribution in [1.82, 2.24) is 10.1 Å². The highest BCUT2D eigenvalue weighted by Gasteiger charge is 2.31. The van der Waals surface area contributed by atoms with Crippen LogP contribution in [0.1, 0.15) is 58.0 Å². The molecule has 0 fully saturated rings. The van der Waals surface area contributed by atoms with Crippen molar-refractivity contribution in [3.8, 4) is 0 Å². The predicted molar refractivity (Wildman–Crippen MR) is 69.9 cm³/mol. The second-order valence-electron chi connectivity index (χ2n) is 5.32. The van der Waals surface area contributed by atoms with Crippen molar-refractivity contribution in [3.63, 3.8) is 0 Å². The van der Waals surface area contributed by atoms with Crippen molar-refractivity contribution in [2.75, 3.05) is 6.61 Å². The third kappa shape index (κ3) is 3.65. The highest BCUT2D eigenvalue weighted by Crippen LogP contribution is 2.34. The van der Waals surface area contributed by atoms with Crippen molar-refractivity contribution in [2.24, 2.45) is 11.1 Å². The zero-order chi connectivity index (χ0) is 13.8. The summed E-state index contributed by atoms with van der Waals surface area (Å²) in [6, 6.07) is -0.300. The summed E-state index contributed by atoms with van der Waals surface area (Å²) in [6.07, 6.45) is 2.14. The molecule has 5 nitrogen and oxygen atoms in total. The lowest BCUT2D eigenvalue weighted by atomic mass is 9.88. The Labute approximate surface area is 108 Å². The Morgan fingerprint density at radius 3 is 2.67 bits per heavy atom. The number of hydrogen-bond donors (Lipinski definition) is 1. The van der Waals surface area contributed by atoms with Crippen LogP contribution >= 0.6 is 0 Å². The van der Waals surface area contributed by atoms with Crippen molar-refractivity contribution in [2.45, 2.75) is 46.3 Å². The lowest BCUT2D eigenvalue weighted by molar-refractivity contribution is -0.0203. The third-order valence-corrected chi connectivity index (χ3v) is 2.55. The average molecular weight is 253 g/mol. The molecule has 0 aliphatic carbocycles. The van der Waals surface area contributed by atoms with Gasteiger partial charge in [0, 0.05) is 6.61 Å². The van der Waals surface area contributed by atoms with Gasteiger partial charge in [-0.05, 0) is 18.8 Å². The molecule has 1 rings (SSSR count). The zero-order valence-corrected chi connectivity index (χ0v) is 11.6. The van der Waals surface area contributed by atoms with E-state index >= 15 is 0 Å². The summed E-state index contributed by atoms with van der Waals surface area (Å²) in [6.45, 7) is 12.4. The Morgan fingerprint density at radius 2 is 2.17 bits per heavy atom. The predicted octanol–water partition coefficient (Wildman–Crippen LogP) is 2.77. The monoisotopic (exact) mass is 253 g/mol. The van der Waals surface area contributed by atoms with E-state index in [2.05, 4.69) is 37.5 Å². The van der Waals surface area contributed by atoms with Crippen LogP contribution in [0.5, 0.6) is 0 Å². The lowest BCUT2D eigenvalue weighted by Gasteiger charge is -2.27. The minimum Gasteiger partial charge on any atom is -0.370 e. The van der Waals surface area contributed by atoms with Gasteiger partial charge in [0.1, 0.15) is 6.10 Å². The molecule has 2 N–H and O–H groups in total. The van der Waals surface area contributed by atoms with Crippen molar-refractivity contribution in [3.05, 3.63) is 24.4 Å². The normalized spacial score (nSPS) is 15.4. The van der Waals surface area contributed by atoms with Gasteiger partial charge in [-0.2, -0.15) is 4.98 Å². The Morgan fingerprint density at radius 1 is 1.50 bits per heavy atom. The van der Waals surface area contributed by atoms with E-state index in [1.165, 1.54) is 0 Å². The van der Waals surface area contributed by atoms with Gasteiger partial charge in [-0.1, -0.05) is 32.0 Å². The minimum atomic E-state index is -0.300. The van der Waals surface area contributed by atoms with Gasteiger partial charge in [0.15, 0.2) is 0 Å². The van der Waals surface area contributed by atoms with Crippen LogP contribution < -0.4 is 5.73 Å². The Bertz CT molecular complexity index is 382. The maximum Gasteiger partial charge on any atom is 0.243 e. The molecule has 2 atom stereocenters. The Balaban J connectivity index is 2.90. The summed E-state index contributed by atoms with van der Waals surface area (Å²) in [4.78, 5) is 4.34. The van der Waals surface area contributed by atoms with Crippen LogP contribution in [0.25, 0.3) is 0 Å². The number of ether oxygens (including phenoxy) is 1. The zero-order valence-electron chi connectivity index (χ0n) is 11.6. The summed E-state index contributed by atoms with van der Waals surface area (Å²) in [5, 5.41) is 3.98. The van der Waals surface area contributed by atoms with E-state index < -0.39 is 0 Å². The molecule has 0 radical (unpaired) electrons. The Kier molecular flexibility index (Phi) is 5.04. The first kappa shape index (κ1) is 14.9. The Hall–Kier alpha value is -1.20. The maximum atomic E-state index is 5.89. The van der Waals surface area contributed by atoms with Gasteiger partial charge in [-0.3, -0.25) is 0 Å². The molecule has 0 saturated heterocycles. The largest absolute Gasteiger partial charge is 0.370 e. The van der Waals surface area contributed by atoms with Gasteiger partial charge in [0.05, 0.1) is 6.04 Å². The average Bonchev–Trinajstić information content (AvgIpc) is 2.73. The molecule has 1 aromatic heterocycles. The summed E-state index contributed by atoms with van der Waals surface area (Å²) in [7, 11) is 0. The standard InChI is InChI=1S/C13H23N3O2/c1-6-8-9(14)12-15-11(16-18-12)10(17-7-2)13(3,4)5/h6,9-10H,1,7-8,14H2,2-5H3. The first-order chi connectivity index (χ1) is 8.40. The molecular weight excluding hydrogens is 230 g/mol. The molecule has 1 heterocycles. The first-order valence-electron chi connectivity index (χ1n) is 6.21. The highest BCUT2D eigenvalue weighted by molar-refractivity contribution is 4.99. The van der Waals surface area contributed by atoms with E-state index in [0.29, 0.717) is 24.7 Å². The van der Waals surface area contributed by atoms with E-state index in [1.54, 1.807) is 6.08 Å². The molecule has 0 aliphatic heterocycles. The van der Waals surface area contributed by atoms with Gasteiger partial charge >= 0.3 is 0 Å². The van der Waals surface area contributed by atoms with E-state index in [9.17, 15) is 0 Å². The smallest absolute Gasteiger partial charge is 0.243 e. The number of aromatic nitrogens is 2. The molecule has 102 valence electrons. The van der Waals surface area contributed by atoms with Crippen LogP contribution in [0.3, 0.4) is 0 Å². The van der Waals surface area contributed by atoms with E-state index in [4.69, 9.17) is 15.0 Å². The molecule has 0 aromatic carbocycles. The molecule has 5 heteroatoms. The fraction of sp³-hybridized carbons (Fsp3) is 0.692. The molecule has 2 unspecified atom stereocenters. The third-order valence-electron chi connectivity index (χ3n) is 2.55. The SMILES string of the molecule is C=CCC(N)c1nc(C(OCC)C(C)(C)C)no1. The minimum absolute atomic E-state index is 0.0975. The van der Waals surface area contributed by atoms with Gasteiger partial charge in [0.25, 0.3) is 0 Å². The topological polar surface area (TPSA) is 74.2 Å². The number of hydrogen-bond acceptors (Lipinski definition) is 5. The fourth-order valence-corrected chi connectivity index (χ4v) is 1.66. The summed E-state index contributed by atoms with van der Waals surface area (Å²) in [5.41, 5.74) is 5.80. The highest BCUT2D eigenvalue weighted by atomic mass is 16.5. The van der Waals surface area contributed by atoms with E-state index in [1.807, 2.05) is 6.92 Å². The van der Waals surface area contributed by atoms with Crippen LogP contribution in [-0.4, -0.2) is 16.7 Å². The molecule has 0 saturated carbocycles.